The third-order valence-corrected chi connectivity index (χ3v) is 2.98. The van der Waals surface area contributed by atoms with Gasteiger partial charge in [0.2, 0.25) is 0 Å². The Bertz CT molecular complexity index is 550. The highest BCUT2D eigenvalue weighted by molar-refractivity contribution is 7.08. The number of rotatable bonds is 4. The Morgan fingerprint density at radius 3 is 2.94 bits per heavy atom. The summed E-state index contributed by atoms with van der Waals surface area (Å²) in [6, 6.07) is 8.93. The maximum atomic E-state index is 11.9. The average molecular weight is 260 g/mol. The van der Waals surface area contributed by atoms with Gasteiger partial charge in [0.25, 0.3) is 5.91 Å². The molecule has 1 aromatic heterocycles. The molecule has 0 radical (unpaired) electrons. The van der Waals surface area contributed by atoms with Gasteiger partial charge in [0.1, 0.15) is 5.75 Å². The Morgan fingerprint density at radius 2 is 2.22 bits per heavy atom. The van der Waals surface area contributed by atoms with E-state index in [1.54, 1.807) is 35.8 Å². The number of methoxy groups -OCH3 is 1. The van der Waals surface area contributed by atoms with Gasteiger partial charge in [-0.15, -0.1) is 0 Å². The molecule has 18 heavy (non-hydrogen) atoms. The predicted octanol–water partition coefficient (Wildman–Crippen LogP) is 2.52. The smallest absolute Gasteiger partial charge is 0.275 e. The van der Waals surface area contributed by atoms with Gasteiger partial charge in [-0.1, -0.05) is 12.1 Å². The number of nitrogens with zero attached hydrogens (tertiary/aromatic N) is 1. The van der Waals surface area contributed by atoms with E-state index in [4.69, 9.17) is 4.74 Å². The molecule has 0 spiro atoms. The van der Waals surface area contributed by atoms with Crippen LogP contribution in [0.4, 0.5) is 0 Å². The van der Waals surface area contributed by atoms with Crippen LogP contribution in [0, 0.1) is 0 Å². The molecule has 5 heteroatoms. The molecule has 0 aliphatic heterocycles. The summed E-state index contributed by atoms with van der Waals surface area (Å²) in [7, 11) is 1.53. The normalized spacial score (nSPS) is 10.5. The number of hydrogen-bond donors (Lipinski definition) is 1. The van der Waals surface area contributed by atoms with Crippen LogP contribution in [0.5, 0.6) is 5.75 Å². The number of carbonyl (C=O) groups is 1. The highest BCUT2D eigenvalue weighted by Crippen LogP contribution is 2.16. The Kier molecular flexibility index (Phi) is 4.09. The zero-order valence-electron chi connectivity index (χ0n) is 9.79. The van der Waals surface area contributed by atoms with E-state index in [0.717, 1.165) is 5.56 Å². The second-order valence-corrected chi connectivity index (χ2v) is 4.24. The summed E-state index contributed by atoms with van der Waals surface area (Å²) < 4.78 is 5.11. The van der Waals surface area contributed by atoms with Gasteiger partial charge >= 0.3 is 0 Å². The fourth-order valence-corrected chi connectivity index (χ4v) is 2.02. The van der Waals surface area contributed by atoms with Crippen LogP contribution in [-0.2, 0) is 0 Å². The van der Waals surface area contributed by atoms with E-state index in [0.29, 0.717) is 11.3 Å². The van der Waals surface area contributed by atoms with Crippen LogP contribution < -0.4 is 10.2 Å². The number of hydrazone groups is 1. The molecule has 0 saturated carbocycles. The van der Waals surface area contributed by atoms with Crippen molar-refractivity contribution in [1.29, 1.82) is 0 Å². The van der Waals surface area contributed by atoms with Gasteiger partial charge in [0.05, 0.1) is 18.9 Å². The van der Waals surface area contributed by atoms with Crippen molar-refractivity contribution in [3.63, 3.8) is 0 Å². The number of ether oxygens (including phenoxy) is 1. The van der Waals surface area contributed by atoms with Crippen molar-refractivity contribution in [2.24, 2.45) is 5.10 Å². The molecule has 0 fully saturated rings. The topological polar surface area (TPSA) is 50.7 Å². The van der Waals surface area contributed by atoms with Crippen LogP contribution in [-0.4, -0.2) is 19.2 Å². The quantitative estimate of drug-likeness (QED) is 0.678. The molecule has 2 rings (SSSR count). The Labute approximate surface area is 109 Å². The summed E-state index contributed by atoms with van der Waals surface area (Å²) in [5.41, 5.74) is 3.89. The summed E-state index contributed by atoms with van der Waals surface area (Å²) in [6.07, 6.45) is 1.60. The molecule has 0 aliphatic carbocycles. The summed E-state index contributed by atoms with van der Waals surface area (Å²) in [6.45, 7) is 0. The van der Waals surface area contributed by atoms with Crippen molar-refractivity contribution < 1.29 is 9.53 Å². The van der Waals surface area contributed by atoms with Crippen molar-refractivity contribution in [2.45, 2.75) is 0 Å². The molecule has 1 N–H and O–H groups in total. The molecule has 0 aliphatic rings. The fourth-order valence-electron chi connectivity index (χ4n) is 1.41. The number of carbonyl (C=O) groups excluding carboxylic acids is 1. The molecule has 1 heterocycles. The molecule has 0 bridgehead atoms. The molecule has 2 aromatic rings. The molecule has 0 unspecified atom stereocenters. The van der Waals surface area contributed by atoms with E-state index >= 15 is 0 Å². The van der Waals surface area contributed by atoms with Gasteiger partial charge in [0, 0.05) is 5.56 Å². The van der Waals surface area contributed by atoms with Crippen LogP contribution >= 0.6 is 11.3 Å². The molecule has 92 valence electrons. The Balaban J connectivity index is 2.04. The van der Waals surface area contributed by atoms with Crippen molar-refractivity contribution in [1.82, 2.24) is 5.43 Å². The Morgan fingerprint density at radius 1 is 1.39 bits per heavy atom. The minimum absolute atomic E-state index is 0.293. The van der Waals surface area contributed by atoms with Crippen molar-refractivity contribution in [3.05, 3.63) is 52.2 Å². The first-order chi connectivity index (χ1) is 8.81. The second-order valence-electron chi connectivity index (χ2n) is 3.46. The van der Waals surface area contributed by atoms with Crippen molar-refractivity contribution in [3.8, 4) is 5.75 Å². The number of nitrogens with one attached hydrogen (secondary N) is 1. The highest BCUT2D eigenvalue weighted by Gasteiger charge is 2.09. The van der Waals surface area contributed by atoms with Crippen LogP contribution in [0.2, 0.25) is 0 Å². The fraction of sp³-hybridized carbons (Fsp3) is 0.0769. The largest absolute Gasteiger partial charge is 0.496 e. The van der Waals surface area contributed by atoms with Gasteiger partial charge in [-0.05, 0) is 29.0 Å². The number of amides is 1. The number of para-hydroxylation sites is 1. The molecule has 0 saturated heterocycles. The predicted molar refractivity (Wildman–Crippen MR) is 72.4 cm³/mol. The lowest BCUT2D eigenvalue weighted by Crippen LogP contribution is -2.18. The maximum absolute atomic E-state index is 11.9. The molecular formula is C13H12N2O2S. The molecular weight excluding hydrogens is 248 g/mol. The van der Waals surface area contributed by atoms with Gasteiger partial charge in [-0.2, -0.15) is 16.4 Å². The molecule has 1 amide bonds. The number of hydrogen-bond acceptors (Lipinski definition) is 4. The van der Waals surface area contributed by atoms with E-state index in [2.05, 4.69) is 10.5 Å². The first-order valence-corrected chi connectivity index (χ1v) is 6.24. The van der Waals surface area contributed by atoms with Crippen LogP contribution in [0.1, 0.15) is 15.9 Å². The summed E-state index contributed by atoms with van der Waals surface area (Å²) >= 11 is 1.58. The van der Waals surface area contributed by atoms with Gasteiger partial charge in [-0.25, -0.2) is 5.43 Å². The van der Waals surface area contributed by atoms with Crippen molar-refractivity contribution in [2.75, 3.05) is 7.11 Å². The number of thiophene rings is 1. The van der Waals surface area contributed by atoms with E-state index < -0.39 is 0 Å². The summed E-state index contributed by atoms with van der Waals surface area (Å²) in [5, 5.41) is 7.78. The molecule has 0 atom stereocenters. The van der Waals surface area contributed by atoms with Gasteiger partial charge in [-0.3, -0.25) is 4.79 Å². The maximum Gasteiger partial charge on any atom is 0.275 e. The molecule has 1 aromatic carbocycles. The zero-order valence-corrected chi connectivity index (χ0v) is 10.6. The zero-order chi connectivity index (χ0) is 12.8. The van der Waals surface area contributed by atoms with Gasteiger partial charge in [0.15, 0.2) is 0 Å². The Hall–Kier alpha value is -2.14. The van der Waals surface area contributed by atoms with Gasteiger partial charge < -0.3 is 4.74 Å². The lowest BCUT2D eigenvalue weighted by Gasteiger charge is -2.05. The highest BCUT2D eigenvalue weighted by atomic mass is 32.1. The summed E-state index contributed by atoms with van der Waals surface area (Å²) in [4.78, 5) is 11.9. The van der Waals surface area contributed by atoms with E-state index in [9.17, 15) is 4.79 Å². The van der Waals surface area contributed by atoms with Crippen molar-refractivity contribution >= 4 is 23.5 Å². The minimum Gasteiger partial charge on any atom is -0.496 e. The standard InChI is InChI=1S/C13H12N2O2S/c1-17-12-5-3-2-4-11(12)13(16)15-14-8-10-6-7-18-9-10/h2-9H,1H3,(H,15,16)/b14-8+. The van der Waals surface area contributed by atoms with Crippen LogP contribution in [0.15, 0.2) is 46.2 Å². The SMILES string of the molecule is COc1ccccc1C(=O)N/N=C/c1ccsc1. The minimum atomic E-state index is -0.293. The number of benzene rings is 1. The second kappa shape index (κ2) is 5.97. The summed E-state index contributed by atoms with van der Waals surface area (Å²) in [5.74, 6) is 0.236. The molecule has 4 nitrogen and oxygen atoms in total. The lowest BCUT2D eigenvalue weighted by molar-refractivity contribution is 0.0952. The van der Waals surface area contributed by atoms with Crippen LogP contribution in [0.3, 0.4) is 0 Å². The average Bonchev–Trinajstić information content (AvgIpc) is 2.91. The third kappa shape index (κ3) is 2.95. The van der Waals surface area contributed by atoms with E-state index in [1.807, 2.05) is 22.9 Å². The van der Waals surface area contributed by atoms with E-state index in [-0.39, 0.29) is 5.91 Å². The van der Waals surface area contributed by atoms with E-state index in [1.165, 1.54) is 7.11 Å². The first kappa shape index (κ1) is 12.3. The monoisotopic (exact) mass is 260 g/mol. The van der Waals surface area contributed by atoms with Crippen LogP contribution in [0.25, 0.3) is 0 Å². The lowest BCUT2D eigenvalue weighted by atomic mass is 10.2. The third-order valence-electron chi connectivity index (χ3n) is 2.27. The first-order valence-electron chi connectivity index (χ1n) is 5.30.